The number of hydrogen-bond acceptors (Lipinski definition) is 5. The van der Waals surface area contributed by atoms with Gasteiger partial charge in [0, 0.05) is 44.6 Å². The van der Waals surface area contributed by atoms with Crippen LogP contribution in [0.1, 0.15) is 28.9 Å². The van der Waals surface area contributed by atoms with Crippen molar-refractivity contribution in [3.63, 3.8) is 0 Å². The van der Waals surface area contributed by atoms with Crippen molar-refractivity contribution < 1.29 is 4.79 Å². The number of piperidine rings is 1. The quantitative estimate of drug-likeness (QED) is 0.915. The van der Waals surface area contributed by atoms with E-state index in [1.165, 1.54) is 29.7 Å². The van der Waals surface area contributed by atoms with Gasteiger partial charge in [-0.05, 0) is 24.3 Å². The van der Waals surface area contributed by atoms with Crippen LogP contribution < -0.4 is 5.32 Å². The van der Waals surface area contributed by atoms with Gasteiger partial charge >= 0.3 is 0 Å². The van der Waals surface area contributed by atoms with E-state index in [0.717, 1.165) is 31.3 Å². The van der Waals surface area contributed by atoms with Gasteiger partial charge in [0.1, 0.15) is 5.69 Å². The van der Waals surface area contributed by atoms with Gasteiger partial charge in [-0.25, -0.2) is 4.98 Å². The summed E-state index contributed by atoms with van der Waals surface area (Å²) < 4.78 is 0. The van der Waals surface area contributed by atoms with E-state index in [2.05, 4.69) is 45.5 Å². The molecule has 3 aliphatic rings. The molecule has 3 aliphatic heterocycles. The molecule has 0 spiro atoms. The van der Waals surface area contributed by atoms with E-state index < -0.39 is 0 Å². The number of nitrogens with one attached hydrogen (secondary N) is 1. The molecule has 5 nitrogen and oxygen atoms in total. The minimum absolute atomic E-state index is 0.0798. The number of anilines is 1. The molecule has 1 aromatic carbocycles. The molecule has 2 bridgehead atoms. The van der Waals surface area contributed by atoms with Crippen molar-refractivity contribution in [3.05, 3.63) is 47.0 Å². The first kappa shape index (κ1) is 16.5. The highest BCUT2D eigenvalue weighted by Crippen LogP contribution is 2.30. The van der Waals surface area contributed by atoms with Gasteiger partial charge in [-0.3, -0.25) is 9.69 Å². The molecule has 0 radical (unpaired) electrons. The van der Waals surface area contributed by atoms with E-state index in [4.69, 9.17) is 0 Å². The van der Waals surface area contributed by atoms with Crippen LogP contribution in [0.2, 0.25) is 0 Å². The van der Waals surface area contributed by atoms with E-state index in [1.807, 2.05) is 17.3 Å². The van der Waals surface area contributed by atoms with Crippen LogP contribution in [-0.2, 0) is 6.54 Å². The molecule has 6 heteroatoms. The van der Waals surface area contributed by atoms with Gasteiger partial charge in [-0.15, -0.1) is 11.3 Å². The van der Waals surface area contributed by atoms with Gasteiger partial charge in [-0.1, -0.05) is 30.3 Å². The average Bonchev–Trinajstić information content (AvgIpc) is 2.95. The highest BCUT2D eigenvalue weighted by molar-refractivity contribution is 7.13. The van der Waals surface area contributed by atoms with Crippen molar-refractivity contribution in [1.82, 2.24) is 14.8 Å². The SMILES string of the molecule is CNc1nc(C(=O)N2C[C@H]3CC[C@@H](C2)N(Cc2ccccc2)C3)cs1. The summed E-state index contributed by atoms with van der Waals surface area (Å²) in [5.74, 6) is 0.644. The standard InChI is InChI=1S/C19H24N4OS/c1-20-19-21-17(13-25-19)18(24)23-11-15-7-8-16(12-23)22(10-15)9-14-5-3-2-4-6-14/h2-6,13,15-16H,7-12H2,1H3,(H,20,21)/t15-,16-/m0/s1. The van der Waals surface area contributed by atoms with Gasteiger partial charge in [0.2, 0.25) is 0 Å². The largest absolute Gasteiger partial charge is 0.365 e. The molecule has 0 unspecified atom stereocenters. The van der Waals surface area contributed by atoms with Gasteiger partial charge in [-0.2, -0.15) is 0 Å². The zero-order valence-electron chi connectivity index (χ0n) is 14.5. The summed E-state index contributed by atoms with van der Waals surface area (Å²) in [6, 6.07) is 11.1. The average molecular weight is 356 g/mol. The summed E-state index contributed by atoms with van der Waals surface area (Å²) in [6.45, 7) is 3.73. The summed E-state index contributed by atoms with van der Waals surface area (Å²) in [6.07, 6.45) is 2.40. The molecule has 2 atom stereocenters. The van der Waals surface area contributed by atoms with Crippen LogP contribution in [-0.4, -0.2) is 53.4 Å². The minimum atomic E-state index is 0.0798. The van der Waals surface area contributed by atoms with Crippen molar-refractivity contribution in [2.24, 2.45) is 5.92 Å². The maximum Gasteiger partial charge on any atom is 0.273 e. The lowest BCUT2D eigenvalue weighted by Gasteiger charge is -2.36. The number of rotatable bonds is 4. The third kappa shape index (κ3) is 3.55. The normalized spacial score (nSPS) is 23.5. The molecule has 1 N–H and O–H groups in total. The fourth-order valence-corrected chi connectivity index (χ4v) is 4.65. The maximum absolute atomic E-state index is 12.9. The molecule has 3 saturated heterocycles. The number of aromatic nitrogens is 1. The summed E-state index contributed by atoms with van der Waals surface area (Å²) in [5.41, 5.74) is 1.93. The Morgan fingerprint density at radius 2 is 2.08 bits per heavy atom. The Balaban J connectivity index is 1.48. The highest BCUT2D eigenvalue weighted by atomic mass is 32.1. The van der Waals surface area contributed by atoms with Gasteiger partial charge in [0.05, 0.1) is 0 Å². The van der Waals surface area contributed by atoms with Crippen molar-refractivity contribution in [2.75, 3.05) is 32.0 Å². The van der Waals surface area contributed by atoms with Crippen LogP contribution in [0, 0.1) is 5.92 Å². The summed E-state index contributed by atoms with van der Waals surface area (Å²) >= 11 is 1.49. The topological polar surface area (TPSA) is 48.5 Å². The Bertz CT molecular complexity index is 732. The molecule has 0 saturated carbocycles. The molecule has 5 rings (SSSR count). The molecule has 25 heavy (non-hydrogen) atoms. The van der Waals surface area contributed by atoms with Crippen LogP contribution >= 0.6 is 11.3 Å². The van der Waals surface area contributed by atoms with E-state index in [1.54, 1.807) is 0 Å². The molecule has 1 aromatic heterocycles. The van der Waals surface area contributed by atoms with Crippen molar-refractivity contribution in [1.29, 1.82) is 0 Å². The fraction of sp³-hybridized carbons (Fsp3) is 0.474. The first-order chi connectivity index (χ1) is 12.2. The third-order valence-corrected chi connectivity index (χ3v) is 6.14. The van der Waals surface area contributed by atoms with Crippen LogP contribution in [0.15, 0.2) is 35.7 Å². The number of thiazole rings is 1. The molecule has 3 fully saturated rings. The Morgan fingerprint density at radius 1 is 1.24 bits per heavy atom. The van der Waals surface area contributed by atoms with E-state index in [0.29, 0.717) is 17.7 Å². The van der Waals surface area contributed by atoms with Gasteiger partial charge < -0.3 is 10.2 Å². The summed E-state index contributed by atoms with van der Waals surface area (Å²) in [5, 5.41) is 5.67. The van der Waals surface area contributed by atoms with Crippen LogP contribution in [0.5, 0.6) is 0 Å². The lowest BCUT2D eigenvalue weighted by atomic mass is 9.94. The number of nitrogens with zero attached hydrogens (tertiary/aromatic N) is 3. The molecular weight excluding hydrogens is 332 g/mol. The third-order valence-electron chi connectivity index (χ3n) is 5.28. The smallest absolute Gasteiger partial charge is 0.273 e. The molecule has 0 aliphatic carbocycles. The lowest BCUT2D eigenvalue weighted by Crippen LogP contribution is -2.43. The second-order valence-electron chi connectivity index (χ2n) is 7.01. The highest BCUT2D eigenvalue weighted by Gasteiger charge is 2.37. The monoisotopic (exact) mass is 356 g/mol. The first-order valence-electron chi connectivity index (χ1n) is 8.93. The van der Waals surface area contributed by atoms with Gasteiger partial charge in [0.15, 0.2) is 5.13 Å². The second-order valence-corrected chi connectivity index (χ2v) is 7.87. The molecule has 4 heterocycles. The molecule has 1 amide bonds. The maximum atomic E-state index is 12.9. The van der Waals surface area contributed by atoms with Crippen molar-refractivity contribution in [2.45, 2.75) is 25.4 Å². The predicted octanol–water partition coefficient (Wildman–Crippen LogP) is 2.92. The van der Waals surface area contributed by atoms with Crippen molar-refractivity contribution in [3.8, 4) is 0 Å². The Morgan fingerprint density at radius 3 is 2.84 bits per heavy atom. The second kappa shape index (κ2) is 7.14. The van der Waals surface area contributed by atoms with E-state index in [9.17, 15) is 4.79 Å². The molecule has 132 valence electrons. The number of carbonyl (C=O) groups is 1. The number of hydrogen-bond donors (Lipinski definition) is 1. The zero-order chi connectivity index (χ0) is 17.2. The van der Waals surface area contributed by atoms with Crippen LogP contribution in [0.25, 0.3) is 0 Å². The Kier molecular flexibility index (Phi) is 4.72. The Labute approximate surface area is 152 Å². The minimum Gasteiger partial charge on any atom is -0.365 e. The molecular formula is C19H24N4OS. The van der Waals surface area contributed by atoms with Crippen molar-refractivity contribution >= 4 is 22.4 Å². The number of benzene rings is 1. The number of fused-ring (bicyclic) bond motifs is 4. The number of amides is 1. The summed E-state index contributed by atoms with van der Waals surface area (Å²) in [7, 11) is 1.83. The van der Waals surface area contributed by atoms with Crippen LogP contribution in [0.3, 0.4) is 0 Å². The zero-order valence-corrected chi connectivity index (χ0v) is 15.3. The van der Waals surface area contributed by atoms with E-state index >= 15 is 0 Å². The fourth-order valence-electron chi connectivity index (χ4n) is 4.01. The Hall–Kier alpha value is -1.92. The van der Waals surface area contributed by atoms with E-state index in [-0.39, 0.29) is 5.91 Å². The number of carbonyl (C=O) groups excluding carboxylic acids is 1. The van der Waals surface area contributed by atoms with Gasteiger partial charge in [0.25, 0.3) is 5.91 Å². The summed E-state index contributed by atoms with van der Waals surface area (Å²) in [4.78, 5) is 21.9. The molecule has 2 aromatic rings. The predicted molar refractivity (Wildman–Crippen MR) is 101 cm³/mol. The van der Waals surface area contributed by atoms with Crippen LogP contribution in [0.4, 0.5) is 5.13 Å². The lowest BCUT2D eigenvalue weighted by molar-refractivity contribution is 0.0731. The first-order valence-corrected chi connectivity index (χ1v) is 9.81.